The summed E-state index contributed by atoms with van der Waals surface area (Å²) < 4.78 is 0. The van der Waals surface area contributed by atoms with E-state index >= 15 is 0 Å². The SMILES string of the molecule is CC(C)(C)N1CC(C(=O)N2CCC(C(=O)N3CCCc4ccccc43)CC2)CC1=O. The highest BCUT2D eigenvalue weighted by Crippen LogP contribution is 2.32. The van der Waals surface area contributed by atoms with E-state index in [2.05, 4.69) is 6.07 Å². The monoisotopic (exact) mass is 411 g/mol. The zero-order chi connectivity index (χ0) is 21.5. The summed E-state index contributed by atoms with van der Waals surface area (Å²) in [6.45, 7) is 8.51. The average Bonchev–Trinajstić information content (AvgIpc) is 3.14. The van der Waals surface area contributed by atoms with Crippen molar-refractivity contribution in [2.45, 2.75) is 58.4 Å². The van der Waals surface area contributed by atoms with Gasteiger partial charge in [-0.25, -0.2) is 0 Å². The Morgan fingerprint density at radius 3 is 2.33 bits per heavy atom. The van der Waals surface area contributed by atoms with Crippen molar-refractivity contribution in [1.82, 2.24) is 9.80 Å². The van der Waals surface area contributed by atoms with Gasteiger partial charge in [0.25, 0.3) is 0 Å². The first-order valence-electron chi connectivity index (χ1n) is 11.2. The van der Waals surface area contributed by atoms with Crippen LogP contribution in [-0.2, 0) is 20.8 Å². The molecule has 162 valence electrons. The van der Waals surface area contributed by atoms with Crippen molar-refractivity contribution in [1.29, 1.82) is 0 Å². The molecular weight excluding hydrogens is 378 g/mol. The summed E-state index contributed by atoms with van der Waals surface area (Å²) >= 11 is 0. The van der Waals surface area contributed by atoms with Gasteiger partial charge in [-0.05, 0) is 58.1 Å². The van der Waals surface area contributed by atoms with Gasteiger partial charge in [-0.3, -0.25) is 14.4 Å². The molecule has 1 aromatic carbocycles. The zero-order valence-electron chi connectivity index (χ0n) is 18.4. The Balaban J connectivity index is 1.35. The van der Waals surface area contributed by atoms with E-state index in [-0.39, 0.29) is 35.1 Å². The Bertz CT molecular complexity index is 836. The first kappa shape index (κ1) is 20.9. The highest BCUT2D eigenvalue weighted by molar-refractivity contribution is 5.96. The molecule has 30 heavy (non-hydrogen) atoms. The fourth-order valence-electron chi connectivity index (χ4n) is 5.11. The number of carbonyl (C=O) groups is 3. The summed E-state index contributed by atoms with van der Waals surface area (Å²) in [7, 11) is 0. The molecule has 0 aliphatic carbocycles. The smallest absolute Gasteiger partial charge is 0.230 e. The molecule has 6 nitrogen and oxygen atoms in total. The van der Waals surface area contributed by atoms with Crippen LogP contribution in [-0.4, -0.2) is 59.2 Å². The van der Waals surface area contributed by atoms with Crippen LogP contribution in [0.3, 0.4) is 0 Å². The van der Waals surface area contributed by atoms with Gasteiger partial charge >= 0.3 is 0 Å². The number of carbonyl (C=O) groups excluding carboxylic acids is 3. The lowest BCUT2D eigenvalue weighted by molar-refractivity contribution is -0.138. The van der Waals surface area contributed by atoms with Gasteiger partial charge in [0.05, 0.1) is 5.92 Å². The molecule has 0 radical (unpaired) electrons. The van der Waals surface area contributed by atoms with Gasteiger partial charge in [-0.1, -0.05) is 18.2 Å². The second-order valence-electron chi connectivity index (χ2n) is 9.90. The van der Waals surface area contributed by atoms with Crippen LogP contribution in [0.2, 0.25) is 0 Å². The van der Waals surface area contributed by atoms with Crippen LogP contribution in [0, 0.1) is 11.8 Å². The molecule has 3 aliphatic rings. The van der Waals surface area contributed by atoms with E-state index in [0.717, 1.165) is 25.1 Å². The maximum Gasteiger partial charge on any atom is 0.230 e. The number of benzene rings is 1. The van der Waals surface area contributed by atoms with E-state index < -0.39 is 0 Å². The molecule has 3 heterocycles. The molecule has 3 amide bonds. The molecule has 4 rings (SSSR count). The lowest BCUT2D eigenvalue weighted by atomic mass is 9.92. The Labute approximate surface area is 179 Å². The van der Waals surface area contributed by atoms with Gasteiger partial charge in [-0.2, -0.15) is 0 Å². The van der Waals surface area contributed by atoms with Gasteiger partial charge in [0, 0.05) is 49.7 Å². The number of amides is 3. The number of hydrogen-bond acceptors (Lipinski definition) is 3. The summed E-state index contributed by atoms with van der Waals surface area (Å²) in [6.07, 6.45) is 3.73. The summed E-state index contributed by atoms with van der Waals surface area (Å²) in [6, 6.07) is 8.18. The summed E-state index contributed by atoms with van der Waals surface area (Å²) in [5.74, 6) is 0.0534. The Morgan fingerprint density at radius 2 is 1.67 bits per heavy atom. The van der Waals surface area contributed by atoms with Crippen LogP contribution in [0.5, 0.6) is 0 Å². The van der Waals surface area contributed by atoms with Crippen molar-refractivity contribution < 1.29 is 14.4 Å². The van der Waals surface area contributed by atoms with Crippen molar-refractivity contribution in [3.05, 3.63) is 29.8 Å². The third kappa shape index (κ3) is 3.96. The molecule has 3 aliphatic heterocycles. The zero-order valence-corrected chi connectivity index (χ0v) is 18.4. The van der Waals surface area contributed by atoms with Crippen LogP contribution in [0.15, 0.2) is 24.3 Å². The van der Waals surface area contributed by atoms with E-state index in [1.165, 1.54) is 5.56 Å². The lowest BCUT2D eigenvalue weighted by Gasteiger charge is -2.37. The van der Waals surface area contributed by atoms with Gasteiger partial charge in [0.1, 0.15) is 0 Å². The molecule has 6 heteroatoms. The minimum atomic E-state index is -0.254. The highest BCUT2D eigenvalue weighted by Gasteiger charge is 2.42. The molecule has 2 fully saturated rings. The van der Waals surface area contributed by atoms with Gasteiger partial charge in [0.15, 0.2) is 0 Å². The molecule has 0 spiro atoms. The number of rotatable bonds is 2. The molecule has 2 saturated heterocycles. The second-order valence-corrected chi connectivity index (χ2v) is 9.90. The molecule has 1 aromatic rings. The fourth-order valence-corrected chi connectivity index (χ4v) is 5.11. The third-order valence-corrected chi connectivity index (χ3v) is 6.82. The minimum Gasteiger partial charge on any atom is -0.342 e. The summed E-state index contributed by atoms with van der Waals surface area (Å²) in [5.41, 5.74) is 2.05. The fraction of sp³-hybridized carbons (Fsp3) is 0.625. The van der Waals surface area contributed by atoms with Gasteiger partial charge < -0.3 is 14.7 Å². The van der Waals surface area contributed by atoms with Crippen molar-refractivity contribution >= 4 is 23.4 Å². The van der Waals surface area contributed by atoms with Crippen LogP contribution in [0.4, 0.5) is 5.69 Å². The first-order valence-corrected chi connectivity index (χ1v) is 11.2. The molecule has 1 atom stereocenters. The number of aryl methyl sites for hydroxylation is 1. The van der Waals surface area contributed by atoms with Gasteiger partial charge in [0.2, 0.25) is 17.7 Å². The van der Waals surface area contributed by atoms with Crippen molar-refractivity contribution in [3.63, 3.8) is 0 Å². The number of piperidine rings is 1. The average molecular weight is 412 g/mol. The number of para-hydroxylation sites is 1. The number of fused-ring (bicyclic) bond motifs is 1. The number of likely N-dealkylation sites (tertiary alicyclic amines) is 2. The van der Waals surface area contributed by atoms with E-state index in [0.29, 0.717) is 38.9 Å². The Kier molecular flexibility index (Phi) is 5.60. The Morgan fingerprint density at radius 1 is 0.967 bits per heavy atom. The van der Waals surface area contributed by atoms with Crippen LogP contribution >= 0.6 is 0 Å². The molecule has 0 bridgehead atoms. The third-order valence-electron chi connectivity index (χ3n) is 6.82. The largest absolute Gasteiger partial charge is 0.342 e. The normalized spacial score (nSPS) is 23.0. The van der Waals surface area contributed by atoms with Crippen LogP contribution in [0.1, 0.15) is 52.0 Å². The van der Waals surface area contributed by atoms with Crippen LogP contribution < -0.4 is 4.90 Å². The Hall–Kier alpha value is -2.37. The predicted molar refractivity (Wildman–Crippen MR) is 116 cm³/mol. The van der Waals surface area contributed by atoms with Gasteiger partial charge in [-0.15, -0.1) is 0 Å². The number of hydrogen-bond donors (Lipinski definition) is 0. The molecule has 0 N–H and O–H groups in total. The van der Waals surface area contributed by atoms with Crippen molar-refractivity contribution in [2.24, 2.45) is 11.8 Å². The minimum absolute atomic E-state index is 0.0310. The summed E-state index contributed by atoms with van der Waals surface area (Å²) in [4.78, 5) is 44.2. The maximum atomic E-state index is 13.2. The number of nitrogens with zero attached hydrogens (tertiary/aromatic N) is 3. The number of anilines is 1. The molecule has 0 aromatic heterocycles. The van der Waals surface area contributed by atoms with E-state index in [4.69, 9.17) is 0 Å². The van der Waals surface area contributed by atoms with Crippen molar-refractivity contribution in [2.75, 3.05) is 31.1 Å². The van der Waals surface area contributed by atoms with E-state index in [1.807, 2.05) is 53.7 Å². The van der Waals surface area contributed by atoms with E-state index in [9.17, 15) is 14.4 Å². The van der Waals surface area contributed by atoms with Crippen molar-refractivity contribution in [3.8, 4) is 0 Å². The maximum absolute atomic E-state index is 13.2. The lowest BCUT2D eigenvalue weighted by Crippen LogP contribution is -2.48. The van der Waals surface area contributed by atoms with E-state index in [1.54, 1.807) is 0 Å². The molecule has 1 unspecified atom stereocenters. The topological polar surface area (TPSA) is 60.9 Å². The summed E-state index contributed by atoms with van der Waals surface area (Å²) in [5, 5.41) is 0. The van der Waals surface area contributed by atoms with Crippen LogP contribution in [0.25, 0.3) is 0 Å². The first-order chi connectivity index (χ1) is 14.3. The highest BCUT2D eigenvalue weighted by atomic mass is 16.2. The molecule has 0 saturated carbocycles. The predicted octanol–water partition coefficient (Wildman–Crippen LogP) is 2.85. The standard InChI is InChI=1S/C24H33N3O3/c1-24(2,3)27-16-19(15-21(27)28)22(29)25-13-10-18(11-14-25)23(30)26-12-6-8-17-7-4-5-9-20(17)26/h4-5,7,9,18-19H,6,8,10-16H2,1-3H3. The molecular formula is C24H33N3O3. The quantitative estimate of drug-likeness (QED) is 0.752. The second kappa shape index (κ2) is 8.05.